The molecular formula is C21H28Cl2FN3O2. The summed E-state index contributed by atoms with van der Waals surface area (Å²) in [7, 11) is 1.59. The van der Waals surface area contributed by atoms with Gasteiger partial charge in [-0.05, 0) is 23.8 Å². The van der Waals surface area contributed by atoms with Crippen molar-refractivity contribution in [2.45, 2.75) is 19.0 Å². The summed E-state index contributed by atoms with van der Waals surface area (Å²) in [5, 5.41) is 0. The highest BCUT2D eigenvalue weighted by atomic mass is 35.5. The Morgan fingerprint density at radius 1 is 1.10 bits per heavy atom. The van der Waals surface area contributed by atoms with Crippen LogP contribution in [-0.2, 0) is 11.3 Å². The Kier molecular flexibility index (Phi) is 10.4. The van der Waals surface area contributed by atoms with E-state index in [1.807, 2.05) is 35.2 Å². The molecule has 1 atom stereocenters. The first kappa shape index (κ1) is 25.2. The smallest absolute Gasteiger partial charge is 0.224 e. The number of carbonyl (C=O) groups is 1. The molecule has 160 valence electrons. The number of hydrogen-bond donors (Lipinski definition) is 1. The lowest BCUT2D eigenvalue weighted by Gasteiger charge is -2.35. The first-order chi connectivity index (χ1) is 13.1. The Bertz CT molecular complexity index is 772. The standard InChI is InChI=1S/C21H26FN3O2.2ClH/c1-27-20-8-7-18(22)13-17(20)15-24-9-11-25(12-10-24)21(26)14-19(23)16-5-3-2-4-6-16;;/h2-8,13,19H,9-12,14-15,23H2,1H3;2*1H. The first-order valence-corrected chi connectivity index (χ1v) is 9.20. The Balaban J connectivity index is 0.00000210. The van der Waals surface area contributed by atoms with E-state index < -0.39 is 0 Å². The molecule has 8 heteroatoms. The van der Waals surface area contributed by atoms with E-state index in [9.17, 15) is 9.18 Å². The molecule has 0 aliphatic carbocycles. The summed E-state index contributed by atoms with van der Waals surface area (Å²) in [6, 6.07) is 14.0. The zero-order chi connectivity index (χ0) is 19.2. The molecule has 1 aliphatic heterocycles. The zero-order valence-corrected chi connectivity index (χ0v) is 18.1. The van der Waals surface area contributed by atoms with Crippen molar-refractivity contribution >= 4 is 30.7 Å². The summed E-state index contributed by atoms with van der Waals surface area (Å²) in [5.41, 5.74) is 7.97. The molecule has 0 bridgehead atoms. The highest BCUT2D eigenvalue weighted by Crippen LogP contribution is 2.22. The molecule has 1 aliphatic rings. The molecule has 2 aromatic carbocycles. The van der Waals surface area contributed by atoms with Crippen LogP contribution in [0.4, 0.5) is 4.39 Å². The fourth-order valence-electron chi connectivity index (χ4n) is 3.40. The molecule has 1 saturated heterocycles. The van der Waals surface area contributed by atoms with Crippen LogP contribution < -0.4 is 10.5 Å². The van der Waals surface area contributed by atoms with Crippen molar-refractivity contribution in [3.63, 3.8) is 0 Å². The summed E-state index contributed by atoms with van der Waals surface area (Å²) >= 11 is 0. The third-order valence-electron chi connectivity index (χ3n) is 4.98. The topological polar surface area (TPSA) is 58.8 Å². The van der Waals surface area contributed by atoms with Gasteiger partial charge in [0, 0.05) is 50.7 Å². The van der Waals surface area contributed by atoms with Crippen LogP contribution in [0.25, 0.3) is 0 Å². The van der Waals surface area contributed by atoms with Crippen LogP contribution in [0.15, 0.2) is 48.5 Å². The molecule has 0 spiro atoms. The number of ether oxygens (including phenoxy) is 1. The maximum absolute atomic E-state index is 13.5. The number of hydrogen-bond acceptors (Lipinski definition) is 4. The highest BCUT2D eigenvalue weighted by molar-refractivity contribution is 5.85. The summed E-state index contributed by atoms with van der Waals surface area (Å²) in [4.78, 5) is 16.6. The van der Waals surface area contributed by atoms with Crippen molar-refractivity contribution in [3.8, 4) is 5.75 Å². The normalized spacial score (nSPS) is 15.1. The van der Waals surface area contributed by atoms with Gasteiger partial charge < -0.3 is 15.4 Å². The molecular weight excluding hydrogens is 416 g/mol. The van der Waals surface area contributed by atoms with Gasteiger partial charge in [0.05, 0.1) is 7.11 Å². The van der Waals surface area contributed by atoms with Gasteiger partial charge in [0.2, 0.25) is 5.91 Å². The lowest BCUT2D eigenvalue weighted by Crippen LogP contribution is -2.48. The molecule has 1 heterocycles. The van der Waals surface area contributed by atoms with E-state index in [1.54, 1.807) is 13.2 Å². The van der Waals surface area contributed by atoms with Gasteiger partial charge in [-0.2, -0.15) is 0 Å². The third-order valence-corrected chi connectivity index (χ3v) is 4.98. The Morgan fingerprint density at radius 3 is 2.38 bits per heavy atom. The van der Waals surface area contributed by atoms with Crippen LogP contribution in [0.2, 0.25) is 0 Å². The number of amides is 1. The monoisotopic (exact) mass is 443 g/mol. The van der Waals surface area contributed by atoms with Crippen molar-refractivity contribution in [2.24, 2.45) is 5.73 Å². The molecule has 2 N–H and O–H groups in total. The maximum Gasteiger partial charge on any atom is 0.224 e. The second kappa shape index (κ2) is 12.0. The van der Waals surface area contributed by atoms with Gasteiger partial charge in [0.1, 0.15) is 11.6 Å². The van der Waals surface area contributed by atoms with Crippen molar-refractivity contribution in [1.29, 1.82) is 0 Å². The van der Waals surface area contributed by atoms with E-state index in [2.05, 4.69) is 4.90 Å². The van der Waals surface area contributed by atoms with Crippen molar-refractivity contribution in [2.75, 3.05) is 33.3 Å². The predicted molar refractivity (Wildman–Crippen MR) is 117 cm³/mol. The molecule has 29 heavy (non-hydrogen) atoms. The van der Waals surface area contributed by atoms with E-state index in [1.165, 1.54) is 12.1 Å². The van der Waals surface area contributed by atoms with Crippen LogP contribution in [0.1, 0.15) is 23.6 Å². The van der Waals surface area contributed by atoms with E-state index in [0.29, 0.717) is 31.8 Å². The van der Waals surface area contributed by atoms with Gasteiger partial charge in [-0.1, -0.05) is 30.3 Å². The van der Waals surface area contributed by atoms with Gasteiger partial charge in [-0.3, -0.25) is 9.69 Å². The van der Waals surface area contributed by atoms with Crippen LogP contribution in [0, 0.1) is 5.82 Å². The summed E-state index contributed by atoms with van der Waals surface area (Å²) in [5.74, 6) is 0.493. The zero-order valence-electron chi connectivity index (χ0n) is 16.4. The quantitative estimate of drug-likeness (QED) is 0.742. The molecule has 1 amide bonds. The Hall–Kier alpha value is -1.86. The number of piperazine rings is 1. The van der Waals surface area contributed by atoms with E-state index in [4.69, 9.17) is 10.5 Å². The average molecular weight is 444 g/mol. The molecule has 0 radical (unpaired) electrons. The predicted octanol–water partition coefficient (Wildman–Crippen LogP) is 3.41. The number of rotatable bonds is 6. The third kappa shape index (κ3) is 6.85. The molecule has 0 saturated carbocycles. The van der Waals surface area contributed by atoms with Crippen LogP contribution >= 0.6 is 24.8 Å². The van der Waals surface area contributed by atoms with Crippen LogP contribution in [0.3, 0.4) is 0 Å². The fourth-order valence-corrected chi connectivity index (χ4v) is 3.40. The number of carbonyl (C=O) groups excluding carboxylic acids is 1. The Morgan fingerprint density at radius 2 is 1.76 bits per heavy atom. The van der Waals surface area contributed by atoms with E-state index in [-0.39, 0.29) is 42.6 Å². The number of nitrogens with two attached hydrogens (primary N) is 1. The fraction of sp³-hybridized carbons (Fsp3) is 0.381. The summed E-state index contributed by atoms with van der Waals surface area (Å²) in [6.07, 6.45) is 0.307. The Labute approximate surface area is 183 Å². The van der Waals surface area contributed by atoms with Gasteiger partial charge in [0.15, 0.2) is 0 Å². The van der Waals surface area contributed by atoms with Gasteiger partial charge >= 0.3 is 0 Å². The first-order valence-electron chi connectivity index (χ1n) is 9.20. The van der Waals surface area contributed by atoms with Crippen molar-refractivity contribution in [1.82, 2.24) is 9.80 Å². The largest absolute Gasteiger partial charge is 0.496 e. The second-order valence-corrected chi connectivity index (χ2v) is 6.83. The average Bonchev–Trinajstić information content (AvgIpc) is 2.69. The minimum absolute atomic E-state index is 0. The molecule has 0 aromatic heterocycles. The molecule has 1 fully saturated rings. The molecule has 3 rings (SSSR count). The van der Waals surface area contributed by atoms with Crippen molar-refractivity contribution in [3.05, 3.63) is 65.5 Å². The van der Waals surface area contributed by atoms with Crippen molar-refractivity contribution < 1.29 is 13.9 Å². The van der Waals surface area contributed by atoms with Gasteiger partial charge in [0.25, 0.3) is 0 Å². The second-order valence-electron chi connectivity index (χ2n) is 6.83. The number of halogens is 3. The lowest BCUT2D eigenvalue weighted by atomic mass is 10.0. The van der Waals surface area contributed by atoms with Gasteiger partial charge in [-0.15, -0.1) is 24.8 Å². The summed E-state index contributed by atoms with van der Waals surface area (Å²) < 4.78 is 18.8. The highest BCUT2D eigenvalue weighted by Gasteiger charge is 2.23. The molecule has 1 unspecified atom stereocenters. The maximum atomic E-state index is 13.5. The number of methoxy groups -OCH3 is 1. The lowest BCUT2D eigenvalue weighted by molar-refractivity contribution is -0.133. The molecule has 2 aromatic rings. The SMILES string of the molecule is COc1ccc(F)cc1CN1CCN(C(=O)CC(N)c2ccccc2)CC1.Cl.Cl. The number of benzene rings is 2. The number of nitrogens with zero attached hydrogens (tertiary/aromatic N) is 2. The molecule has 5 nitrogen and oxygen atoms in total. The van der Waals surface area contributed by atoms with E-state index >= 15 is 0 Å². The van der Waals surface area contributed by atoms with Gasteiger partial charge in [-0.25, -0.2) is 4.39 Å². The minimum atomic E-state index is -0.284. The van der Waals surface area contributed by atoms with Crippen LogP contribution in [-0.4, -0.2) is 49.0 Å². The minimum Gasteiger partial charge on any atom is -0.496 e. The van der Waals surface area contributed by atoms with Crippen LogP contribution in [0.5, 0.6) is 5.75 Å². The summed E-state index contributed by atoms with van der Waals surface area (Å²) in [6.45, 7) is 3.39. The van der Waals surface area contributed by atoms with E-state index in [0.717, 1.165) is 24.2 Å².